The molecule has 10 rings (SSSR count). The molecule has 14 heteroatoms. The minimum atomic E-state index is -0.874. The number of rotatable bonds is 11. The Morgan fingerprint density at radius 1 is 0.723 bits per heavy atom. The first-order chi connectivity index (χ1) is 31.5. The summed E-state index contributed by atoms with van der Waals surface area (Å²) in [5.41, 5.74) is 6.74. The predicted molar refractivity (Wildman–Crippen MR) is 245 cm³/mol. The Morgan fingerprint density at radius 3 is 2.03 bits per heavy atom. The minimum Gasteiger partial charge on any atom is -0.453 e. The Labute approximate surface area is 377 Å². The first kappa shape index (κ1) is 42.0. The zero-order valence-electron chi connectivity index (χ0n) is 37.0. The van der Waals surface area contributed by atoms with Crippen molar-refractivity contribution in [2.75, 3.05) is 20.8 Å². The van der Waals surface area contributed by atoms with E-state index in [0.29, 0.717) is 12.1 Å². The number of hydrogen-bond acceptors (Lipinski definition) is 8. The van der Waals surface area contributed by atoms with Crippen LogP contribution in [0.1, 0.15) is 87.7 Å². The first-order valence-electron chi connectivity index (χ1n) is 22.6. The average Bonchev–Trinajstić information content (AvgIpc) is 3.97. The summed E-state index contributed by atoms with van der Waals surface area (Å²) in [5, 5.41) is 7.74. The number of hydrogen-bond donors (Lipinski definition) is 4. The van der Waals surface area contributed by atoms with Gasteiger partial charge in [-0.2, -0.15) is 0 Å². The molecule has 2 aliphatic carbocycles. The highest BCUT2D eigenvalue weighted by Gasteiger charge is 2.55. The van der Waals surface area contributed by atoms with Crippen molar-refractivity contribution >= 4 is 34.8 Å². The van der Waals surface area contributed by atoms with Gasteiger partial charge in [0.25, 0.3) is 5.91 Å². The van der Waals surface area contributed by atoms with Crippen LogP contribution >= 0.6 is 0 Å². The molecule has 0 unspecified atom stereocenters. The van der Waals surface area contributed by atoms with Gasteiger partial charge in [0.1, 0.15) is 23.7 Å². The van der Waals surface area contributed by atoms with Crippen LogP contribution < -0.4 is 10.6 Å². The smallest absolute Gasteiger partial charge is 0.407 e. The predicted octanol–water partition coefficient (Wildman–Crippen LogP) is 8.87. The maximum Gasteiger partial charge on any atom is 0.407 e. The Balaban J connectivity index is 0.838. The summed E-state index contributed by atoms with van der Waals surface area (Å²) in [4.78, 5) is 73.4. The van der Waals surface area contributed by atoms with Gasteiger partial charge in [0.2, 0.25) is 5.91 Å². The first-order valence-corrected chi connectivity index (χ1v) is 22.6. The van der Waals surface area contributed by atoms with Crippen LogP contribution in [-0.2, 0) is 19.1 Å². The van der Waals surface area contributed by atoms with E-state index in [2.05, 4.69) is 81.3 Å². The fourth-order valence-corrected chi connectivity index (χ4v) is 10.6. The molecular weight excluding hydrogens is 821 g/mol. The average molecular weight is 875 g/mol. The van der Waals surface area contributed by atoms with E-state index in [1.54, 1.807) is 0 Å². The molecule has 6 aromatic rings. The Bertz CT molecular complexity index is 2760. The summed E-state index contributed by atoms with van der Waals surface area (Å²) >= 11 is 0. The third-order valence-corrected chi connectivity index (χ3v) is 14.3. The van der Waals surface area contributed by atoms with Crippen LogP contribution in [0.4, 0.5) is 9.59 Å². The van der Waals surface area contributed by atoms with Crippen molar-refractivity contribution in [3.8, 4) is 33.6 Å². The van der Waals surface area contributed by atoms with E-state index in [1.807, 2.05) is 66.4 Å². The molecule has 4 N–H and O–H groups in total. The van der Waals surface area contributed by atoms with Crippen molar-refractivity contribution in [2.24, 2.45) is 17.3 Å². The van der Waals surface area contributed by atoms with E-state index in [-0.39, 0.29) is 47.2 Å². The Hall–Kier alpha value is -6.96. The number of H-pyrrole nitrogens is 2. The number of piperidine rings is 1. The largest absolute Gasteiger partial charge is 0.453 e. The number of carbonyl (C=O) groups is 4. The maximum atomic E-state index is 14.3. The van der Waals surface area contributed by atoms with E-state index < -0.39 is 24.3 Å². The van der Waals surface area contributed by atoms with E-state index in [0.717, 1.165) is 94.6 Å². The van der Waals surface area contributed by atoms with E-state index in [4.69, 9.17) is 19.4 Å². The SMILES string of the molecule is COC(=O)N[C@H](C(=O)N1CC2(CC2)C[C@H]1c1ncc(-c2ccc3cc(-c4ccc(-c5cnc([C@@H]6[C@H]7CC[C@H](C7)N6C(=O)[C@H](NC(=O)OC)c6ccccc6)[nH]5)cc4)ccc3c2)[nH]1)C(C)C. The Kier molecular flexibility index (Phi) is 10.9. The van der Waals surface area contributed by atoms with E-state index in [1.165, 1.54) is 14.2 Å². The van der Waals surface area contributed by atoms with Crippen LogP contribution in [0.15, 0.2) is 103 Å². The molecule has 2 saturated heterocycles. The van der Waals surface area contributed by atoms with Crippen molar-refractivity contribution in [2.45, 2.75) is 82.6 Å². The summed E-state index contributed by atoms with van der Waals surface area (Å²) in [6.45, 7) is 4.51. The van der Waals surface area contributed by atoms with E-state index >= 15 is 0 Å². The van der Waals surface area contributed by atoms with Gasteiger partial charge in [-0.05, 0) is 101 Å². The van der Waals surface area contributed by atoms with Crippen LogP contribution in [0, 0.1) is 17.3 Å². The van der Waals surface area contributed by atoms with Crippen molar-refractivity contribution in [3.63, 3.8) is 0 Å². The number of ether oxygens (including phenoxy) is 2. The molecular formula is C51H54N8O6. The van der Waals surface area contributed by atoms with Gasteiger partial charge in [-0.1, -0.05) is 92.7 Å². The second kappa shape index (κ2) is 16.9. The summed E-state index contributed by atoms with van der Waals surface area (Å²) in [7, 11) is 2.61. The molecule has 2 aromatic heterocycles. The third kappa shape index (κ3) is 7.99. The normalized spacial score (nSPS) is 21.4. The van der Waals surface area contributed by atoms with Crippen LogP contribution in [0.3, 0.4) is 0 Å². The zero-order valence-corrected chi connectivity index (χ0v) is 37.0. The fourth-order valence-electron chi connectivity index (χ4n) is 10.6. The molecule has 2 aliphatic heterocycles. The second-order valence-corrected chi connectivity index (χ2v) is 18.7. The maximum absolute atomic E-state index is 14.3. The number of fused-ring (bicyclic) bond motifs is 3. The number of alkyl carbamates (subject to hydrolysis) is 2. The van der Waals surface area contributed by atoms with Gasteiger partial charge in [0.05, 0.1) is 50.1 Å². The van der Waals surface area contributed by atoms with Gasteiger partial charge < -0.3 is 39.9 Å². The lowest BCUT2D eigenvalue weighted by atomic mass is 9.96. The van der Waals surface area contributed by atoms with Gasteiger partial charge in [-0.25, -0.2) is 19.6 Å². The van der Waals surface area contributed by atoms with Gasteiger partial charge in [0, 0.05) is 18.2 Å². The highest BCUT2D eigenvalue weighted by Crippen LogP contribution is 2.58. The van der Waals surface area contributed by atoms with Crippen LogP contribution in [0.2, 0.25) is 0 Å². The molecule has 4 heterocycles. The van der Waals surface area contributed by atoms with Crippen LogP contribution in [0.5, 0.6) is 0 Å². The molecule has 6 atom stereocenters. The minimum absolute atomic E-state index is 0.0761. The number of amides is 4. The zero-order chi connectivity index (χ0) is 45.0. The molecule has 4 amide bonds. The fraction of sp³-hybridized carbons (Fsp3) is 0.373. The molecule has 4 aliphatic rings. The second-order valence-electron chi connectivity index (χ2n) is 18.7. The monoisotopic (exact) mass is 874 g/mol. The summed E-state index contributed by atoms with van der Waals surface area (Å²) < 4.78 is 9.73. The molecule has 65 heavy (non-hydrogen) atoms. The molecule has 1 spiro atoms. The number of benzene rings is 4. The number of imidazole rings is 2. The lowest BCUT2D eigenvalue weighted by Gasteiger charge is -2.36. The lowest BCUT2D eigenvalue weighted by Crippen LogP contribution is -2.51. The molecule has 4 fully saturated rings. The van der Waals surface area contributed by atoms with Crippen molar-refractivity contribution < 1.29 is 28.7 Å². The van der Waals surface area contributed by atoms with Crippen molar-refractivity contribution in [3.05, 3.63) is 121 Å². The van der Waals surface area contributed by atoms with Crippen molar-refractivity contribution in [1.29, 1.82) is 0 Å². The highest BCUT2D eigenvalue weighted by atomic mass is 16.5. The lowest BCUT2D eigenvalue weighted by molar-refractivity contribution is -0.138. The standard InChI is InChI=1S/C51H54N8O6/c1-29(2)42(56-49(62)64-3)47(60)58-28-51(20-21-51)25-41(58)45-52-27-40(54-45)36-17-16-34-22-33(14-15-35(34)23-36)30-10-12-31(13-11-30)39-26-53-46(55-39)44-37-18-19-38(24-37)59(44)48(61)43(57-50(63)65-4)32-8-6-5-7-9-32/h5-17,22-23,26-27,29,37-38,41-44H,18-21,24-25,28H2,1-4H3,(H,52,54)(H,53,55)(H,56,62)(H,57,63)/t37-,38+,41-,42-,43+,44-/m0/s1. The van der Waals surface area contributed by atoms with Gasteiger partial charge in [-0.3, -0.25) is 9.59 Å². The molecule has 4 aromatic carbocycles. The number of likely N-dealkylation sites (tertiary alicyclic amines) is 2. The number of aromatic amines is 2. The number of aromatic nitrogens is 4. The van der Waals surface area contributed by atoms with Crippen LogP contribution in [0.25, 0.3) is 44.4 Å². The summed E-state index contributed by atoms with van der Waals surface area (Å²) in [6.07, 6.45) is 8.28. The summed E-state index contributed by atoms with van der Waals surface area (Å²) in [6, 6.07) is 28.7. The Morgan fingerprint density at radius 2 is 1.34 bits per heavy atom. The molecule has 14 nitrogen and oxygen atoms in total. The molecule has 2 saturated carbocycles. The van der Waals surface area contributed by atoms with E-state index in [9.17, 15) is 19.2 Å². The third-order valence-electron chi connectivity index (χ3n) is 14.3. The number of nitrogens with zero attached hydrogens (tertiary/aromatic N) is 4. The highest BCUT2D eigenvalue weighted by molar-refractivity contribution is 5.91. The van der Waals surface area contributed by atoms with Gasteiger partial charge >= 0.3 is 12.2 Å². The van der Waals surface area contributed by atoms with Crippen molar-refractivity contribution in [1.82, 2.24) is 40.4 Å². The number of nitrogens with one attached hydrogen (secondary N) is 4. The summed E-state index contributed by atoms with van der Waals surface area (Å²) in [5.74, 6) is 1.40. The quantitative estimate of drug-likeness (QED) is 0.0999. The van der Waals surface area contributed by atoms with Gasteiger partial charge in [-0.15, -0.1) is 0 Å². The molecule has 2 bridgehead atoms. The number of methoxy groups -OCH3 is 2. The molecule has 334 valence electrons. The van der Waals surface area contributed by atoms with Gasteiger partial charge in [0.15, 0.2) is 0 Å². The number of carbonyl (C=O) groups excluding carboxylic acids is 4. The van der Waals surface area contributed by atoms with Crippen LogP contribution in [-0.4, -0.2) is 86.6 Å². The molecule has 0 radical (unpaired) electrons. The topological polar surface area (TPSA) is 175 Å².